The van der Waals surface area contributed by atoms with Gasteiger partial charge < -0.3 is 19.5 Å². The van der Waals surface area contributed by atoms with E-state index in [9.17, 15) is 19.2 Å². The SMILES string of the molecule is C#CCOCCOCCOc1c(NCC)ccc2c1C(=O)N(C1CCC(=O)NC1=O)C2=O. The maximum absolute atomic E-state index is 13.2. The third kappa shape index (κ3) is 4.90. The van der Waals surface area contributed by atoms with Gasteiger partial charge in [-0.1, -0.05) is 5.92 Å². The van der Waals surface area contributed by atoms with Crippen molar-refractivity contribution in [2.75, 3.05) is 44.9 Å². The number of amides is 4. The van der Waals surface area contributed by atoms with Gasteiger partial charge in [0.15, 0.2) is 5.75 Å². The number of carbonyl (C=O) groups excluding carboxylic acids is 4. The number of piperidine rings is 1. The molecule has 0 aliphatic carbocycles. The summed E-state index contributed by atoms with van der Waals surface area (Å²) in [5.41, 5.74) is 0.797. The van der Waals surface area contributed by atoms with Crippen LogP contribution in [-0.4, -0.2) is 74.1 Å². The number of nitrogens with one attached hydrogen (secondary N) is 2. The van der Waals surface area contributed by atoms with Gasteiger partial charge in [0.25, 0.3) is 11.8 Å². The highest BCUT2D eigenvalue weighted by molar-refractivity contribution is 6.25. The van der Waals surface area contributed by atoms with Crippen LogP contribution >= 0.6 is 0 Å². The summed E-state index contributed by atoms with van der Waals surface area (Å²) >= 11 is 0. The van der Waals surface area contributed by atoms with Gasteiger partial charge in [-0.2, -0.15) is 0 Å². The number of rotatable bonds is 11. The fraction of sp³-hybridized carbons (Fsp3) is 0.455. The number of anilines is 1. The standard InChI is InChI=1S/C22H25N3O7/c1-3-9-30-10-11-31-12-13-32-19-15(23-4-2)6-5-14-18(19)22(29)25(21(14)28)16-7-8-17(26)24-20(16)27/h1,5-6,16,23H,4,7-13H2,2H3,(H,24,26,27). The van der Waals surface area contributed by atoms with Crippen molar-refractivity contribution in [1.29, 1.82) is 0 Å². The van der Waals surface area contributed by atoms with Gasteiger partial charge in [0.1, 0.15) is 19.3 Å². The zero-order chi connectivity index (χ0) is 23.1. The number of carbonyl (C=O) groups is 4. The highest BCUT2D eigenvalue weighted by Crippen LogP contribution is 2.38. The lowest BCUT2D eigenvalue weighted by Gasteiger charge is -2.27. The first kappa shape index (κ1) is 23.2. The average molecular weight is 443 g/mol. The monoisotopic (exact) mass is 443 g/mol. The normalized spacial score (nSPS) is 17.8. The molecule has 1 fully saturated rings. The van der Waals surface area contributed by atoms with Crippen LogP contribution in [-0.2, 0) is 19.1 Å². The smallest absolute Gasteiger partial charge is 0.266 e. The van der Waals surface area contributed by atoms with Gasteiger partial charge in [0.2, 0.25) is 11.8 Å². The Morgan fingerprint density at radius 3 is 2.59 bits per heavy atom. The van der Waals surface area contributed by atoms with E-state index in [2.05, 4.69) is 16.6 Å². The first-order valence-electron chi connectivity index (χ1n) is 10.3. The van der Waals surface area contributed by atoms with E-state index in [1.165, 1.54) is 6.07 Å². The van der Waals surface area contributed by atoms with E-state index in [4.69, 9.17) is 20.6 Å². The molecule has 10 heteroatoms. The largest absolute Gasteiger partial charge is 0.488 e. The van der Waals surface area contributed by atoms with Crippen LogP contribution in [0.25, 0.3) is 0 Å². The lowest BCUT2D eigenvalue weighted by molar-refractivity contribution is -0.136. The Kier molecular flexibility index (Phi) is 7.81. The zero-order valence-corrected chi connectivity index (χ0v) is 17.8. The first-order chi connectivity index (χ1) is 15.5. The summed E-state index contributed by atoms with van der Waals surface area (Å²) < 4.78 is 16.4. The maximum atomic E-state index is 13.2. The van der Waals surface area contributed by atoms with E-state index in [-0.39, 0.29) is 49.5 Å². The third-order valence-corrected chi connectivity index (χ3v) is 4.96. The highest BCUT2D eigenvalue weighted by atomic mass is 16.5. The minimum atomic E-state index is -1.04. The summed E-state index contributed by atoms with van der Waals surface area (Å²) in [7, 11) is 0. The molecule has 3 rings (SSSR count). The van der Waals surface area contributed by atoms with Gasteiger partial charge >= 0.3 is 0 Å². The van der Waals surface area contributed by atoms with Crippen molar-refractivity contribution in [2.24, 2.45) is 0 Å². The topological polar surface area (TPSA) is 123 Å². The molecule has 2 aliphatic heterocycles. The lowest BCUT2D eigenvalue weighted by Crippen LogP contribution is -2.54. The van der Waals surface area contributed by atoms with Crippen molar-refractivity contribution in [2.45, 2.75) is 25.8 Å². The maximum Gasteiger partial charge on any atom is 0.266 e. The second-order valence-corrected chi connectivity index (χ2v) is 7.06. The van der Waals surface area contributed by atoms with Crippen LogP contribution in [0, 0.1) is 12.3 Å². The van der Waals surface area contributed by atoms with Gasteiger partial charge in [-0.3, -0.25) is 29.4 Å². The first-order valence-corrected chi connectivity index (χ1v) is 10.3. The van der Waals surface area contributed by atoms with E-state index in [0.717, 1.165) is 4.90 Å². The van der Waals surface area contributed by atoms with Crippen LogP contribution in [0.15, 0.2) is 12.1 Å². The fourth-order valence-electron chi connectivity index (χ4n) is 3.56. The second kappa shape index (κ2) is 10.7. The van der Waals surface area contributed by atoms with Gasteiger partial charge in [-0.15, -0.1) is 6.42 Å². The summed E-state index contributed by atoms with van der Waals surface area (Å²) in [5, 5.41) is 5.30. The number of hydrogen-bond acceptors (Lipinski definition) is 8. The predicted octanol–water partition coefficient (Wildman–Crippen LogP) is 0.565. The number of benzene rings is 1. The molecule has 1 aromatic carbocycles. The van der Waals surface area contributed by atoms with E-state index in [1.807, 2.05) is 6.92 Å². The number of ether oxygens (including phenoxy) is 3. The van der Waals surface area contributed by atoms with Crippen LogP contribution in [0.4, 0.5) is 5.69 Å². The number of nitrogens with zero attached hydrogens (tertiary/aromatic N) is 1. The van der Waals surface area contributed by atoms with Gasteiger partial charge in [-0.25, -0.2) is 0 Å². The predicted molar refractivity (Wildman–Crippen MR) is 113 cm³/mol. The van der Waals surface area contributed by atoms with Gasteiger partial charge in [-0.05, 0) is 25.5 Å². The molecule has 1 atom stereocenters. The van der Waals surface area contributed by atoms with Crippen molar-refractivity contribution in [1.82, 2.24) is 10.2 Å². The van der Waals surface area contributed by atoms with Gasteiger partial charge in [0, 0.05) is 13.0 Å². The van der Waals surface area contributed by atoms with E-state index in [1.54, 1.807) is 6.07 Å². The molecule has 0 aromatic heterocycles. The Morgan fingerprint density at radius 2 is 1.88 bits per heavy atom. The Morgan fingerprint density at radius 1 is 1.12 bits per heavy atom. The van der Waals surface area contributed by atoms with Crippen LogP contribution < -0.4 is 15.4 Å². The number of hydrogen-bond donors (Lipinski definition) is 2. The summed E-state index contributed by atoms with van der Waals surface area (Å²) in [6, 6.07) is 2.15. The molecule has 2 aliphatic rings. The molecule has 32 heavy (non-hydrogen) atoms. The quantitative estimate of drug-likeness (QED) is 0.289. The van der Waals surface area contributed by atoms with Crippen LogP contribution in [0.5, 0.6) is 5.75 Å². The van der Waals surface area contributed by atoms with Crippen molar-refractivity contribution < 1.29 is 33.4 Å². The summed E-state index contributed by atoms with van der Waals surface area (Å²) in [6.45, 7) is 3.70. The Balaban J connectivity index is 1.75. The molecule has 1 saturated heterocycles. The summed E-state index contributed by atoms with van der Waals surface area (Å²) in [4.78, 5) is 50.8. The third-order valence-electron chi connectivity index (χ3n) is 4.96. The summed E-state index contributed by atoms with van der Waals surface area (Å²) in [5.74, 6) is 0.283. The Hall–Kier alpha value is -3.42. The number of imide groups is 2. The average Bonchev–Trinajstić information content (AvgIpc) is 3.02. The molecule has 0 saturated carbocycles. The molecule has 2 N–H and O–H groups in total. The van der Waals surface area contributed by atoms with E-state index < -0.39 is 29.7 Å². The molecule has 0 radical (unpaired) electrons. The Labute approximate surface area is 185 Å². The van der Waals surface area contributed by atoms with E-state index in [0.29, 0.717) is 25.4 Å². The minimum absolute atomic E-state index is 0.0538. The lowest BCUT2D eigenvalue weighted by atomic mass is 10.0. The molecule has 2 heterocycles. The Bertz CT molecular complexity index is 954. The highest BCUT2D eigenvalue weighted by Gasteiger charge is 2.46. The second-order valence-electron chi connectivity index (χ2n) is 7.06. The molecule has 1 aromatic rings. The summed E-state index contributed by atoms with van der Waals surface area (Å²) in [6.07, 6.45) is 5.24. The molecule has 0 spiro atoms. The van der Waals surface area contributed by atoms with Crippen molar-refractivity contribution in [3.8, 4) is 18.1 Å². The van der Waals surface area contributed by atoms with E-state index >= 15 is 0 Å². The minimum Gasteiger partial charge on any atom is -0.488 e. The number of terminal acetylenes is 1. The van der Waals surface area contributed by atoms with Gasteiger partial charge in [0.05, 0.1) is 36.6 Å². The molecule has 10 nitrogen and oxygen atoms in total. The molecule has 0 bridgehead atoms. The number of fused-ring (bicyclic) bond motifs is 1. The molecular weight excluding hydrogens is 418 g/mol. The van der Waals surface area contributed by atoms with Crippen molar-refractivity contribution in [3.63, 3.8) is 0 Å². The fourth-order valence-corrected chi connectivity index (χ4v) is 3.56. The van der Waals surface area contributed by atoms with Crippen LogP contribution in [0.2, 0.25) is 0 Å². The molecule has 4 amide bonds. The van der Waals surface area contributed by atoms with Crippen molar-refractivity contribution in [3.05, 3.63) is 23.3 Å². The molecule has 1 unspecified atom stereocenters. The zero-order valence-electron chi connectivity index (χ0n) is 17.8. The van der Waals surface area contributed by atoms with Crippen LogP contribution in [0.1, 0.15) is 40.5 Å². The van der Waals surface area contributed by atoms with Crippen LogP contribution in [0.3, 0.4) is 0 Å². The van der Waals surface area contributed by atoms with Crippen molar-refractivity contribution >= 4 is 29.3 Å². The molecule has 170 valence electrons. The molecular formula is C22H25N3O7.